The average molecular weight is 408 g/mol. The summed E-state index contributed by atoms with van der Waals surface area (Å²) < 4.78 is 33.1. The molecular weight excluding hydrogens is 386 g/mol. The molecule has 0 saturated carbocycles. The summed E-state index contributed by atoms with van der Waals surface area (Å²) in [5.41, 5.74) is 4.25. The minimum atomic E-state index is -0.889. The lowest BCUT2D eigenvalue weighted by Gasteiger charge is -2.29. The predicted molar refractivity (Wildman–Crippen MR) is 114 cm³/mol. The SMILES string of the molecule is Cc1ccc(N2CCOCC2)cc1-c1ccc(NC(=O)c2c(F)cccc2F)cc1. The Morgan fingerprint density at radius 2 is 1.63 bits per heavy atom. The van der Waals surface area contributed by atoms with Gasteiger partial charge in [0.05, 0.1) is 13.2 Å². The van der Waals surface area contributed by atoms with Gasteiger partial charge in [0.2, 0.25) is 0 Å². The Balaban J connectivity index is 1.54. The highest BCUT2D eigenvalue weighted by atomic mass is 19.1. The summed E-state index contributed by atoms with van der Waals surface area (Å²) in [5, 5.41) is 2.56. The zero-order chi connectivity index (χ0) is 21.1. The van der Waals surface area contributed by atoms with Crippen LogP contribution in [0.25, 0.3) is 11.1 Å². The monoisotopic (exact) mass is 408 g/mol. The number of hydrogen-bond donors (Lipinski definition) is 1. The molecule has 0 aliphatic carbocycles. The van der Waals surface area contributed by atoms with Crippen molar-refractivity contribution < 1.29 is 18.3 Å². The van der Waals surface area contributed by atoms with Gasteiger partial charge in [0.1, 0.15) is 17.2 Å². The van der Waals surface area contributed by atoms with Crippen LogP contribution >= 0.6 is 0 Å². The van der Waals surface area contributed by atoms with Crippen LogP contribution in [0.1, 0.15) is 15.9 Å². The molecule has 0 spiro atoms. The van der Waals surface area contributed by atoms with Crippen molar-refractivity contribution in [2.45, 2.75) is 6.92 Å². The fraction of sp³-hybridized carbons (Fsp3) is 0.208. The number of hydrogen-bond acceptors (Lipinski definition) is 3. The Kier molecular flexibility index (Phi) is 5.77. The topological polar surface area (TPSA) is 41.6 Å². The number of anilines is 2. The largest absolute Gasteiger partial charge is 0.378 e. The number of amides is 1. The lowest BCUT2D eigenvalue weighted by atomic mass is 9.99. The molecule has 0 atom stereocenters. The molecule has 0 unspecified atom stereocenters. The molecule has 1 fully saturated rings. The molecule has 154 valence electrons. The third kappa shape index (κ3) is 4.19. The van der Waals surface area contributed by atoms with Crippen LogP contribution in [0.2, 0.25) is 0 Å². The second-order valence-corrected chi connectivity index (χ2v) is 7.23. The lowest BCUT2D eigenvalue weighted by Crippen LogP contribution is -2.36. The van der Waals surface area contributed by atoms with E-state index in [-0.39, 0.29) is 0 Å². The Labute approximate surface area is 174 Å². The normalized spacial score (nSPS) is 13.9. The van der Waals surface area contributed by atoms with E-state index in [4.69, 9.17) is 4.74 Å². The molecule has 0 radical (unpaired) electrons. The second kappa shape index (κ2) is 8.63. The van der Waals surface area contributed by atoms with Gasteiger partial charge in [0.25, 0.3) is 5.91 Å². The van der Waals surface area contributed by atoms with Crippen LogP contribution in [-0.2, 0) is 4.74 Å². The van der Waals surface area contributed by atoms with Crippen molar-refractivity contribution in [2.75, 3.05) is 36.5 Å². The molecule has 3 aromatic rings. The van der Waals surface area contributed by atoms with Gasteiger partial charge in [0, 0.05) is 24.5 Å². The van der Waals surface area contributed by atoms with Crippen molar-refractivity contribution in [2.24, 2.45) is 0 Å². The van der Waals surface area contributed by atoms with Gasteiger partial charge >= 0.3 is 0 Å². The summed E-state index contributed by atoms with van der Waals surface area (Å²) in [5.74, 6) is -2.59. The zero-order valence-electron chi connectivity index (χ0n) is 16.6. The first-order valence-electron chi connectivity index (χ1n) is 9.82. The molecule has 1 heterocycles. The predicted octanol–water partition coefficient (Wildman–Crippen LogP) is 5.03. The summed E-state index contributed by atoms with van der Waals surface area (Å²) in [6.07, 6.45) is 0. The number of carbonyl (C=O) groups is 1. The summed E-state index contributed by atoms with van der Waals surface area (Å²) >= 11 is 0. The van der Waals surface area contributed by atoms with Crippen molar-refractivity contribution in [3.05, 3.63) is 83.4 Å². The molecule has 1 aliphatic heterocycles. The van der Waals surface area contributed by atoms with Gasteiger partial charge in [0.15, 0.2) is 0 Å². The van der Waals surface area contributed by atoms with Gasteiger partial charge in [-0.15, -0.1) is 0 Å². The van der Waals surface area contributed by atoms with E-state index in [1.807, 2.05) is 12.1 Å². The standard InChI is InChI=1S/C24H22F2N2O2/c1-16-5-10-19(28-11-13-30-14-12-28)15-20(16)17-6-8-18(9-7-17)27-24(29)23-21(25)3-2-4-22(23)26/h2-10,15H,11-14H2,1H3,(H,27,29). The van der Waals surface area contributed by atoms with E-state index < -0.39 is 23.1 Å². The van der Waals surface area contributed by atoms with Gasteiger partial charge < -0.3 is 15.0 Å². The summed E-state index contributed by atoms with van der Waals surface area (Å²) in [6, 6.07) is 16.9. The molecule has 1 saturated heterocycles. The Morgan fingerprint density at radius 1 is 0.967 bits per heavy atom. The number of rotatable bonds is 4. The van der Waals surface area contributed by atoms with Crippen molar-refractivity contribution in [3.8, 4) is 11.1 Å². The molecule has 4 nitrogen and oxygen atoms in total. The number of aryl methyl sites for hydroxylation is 1. The second-order valence-electron chi connectivity index (χ2n) is 7.23. The van der Waals surface area contributed by atoms with Gasteiger partial charge in [-0.1, -0.05) is 24.3 Å². The van der Waals surface area contributed by atoms with Crippen LogP contribution in [0, 0.1) is 18.6 Å². The van der Waals surface area contributed by atoms with Crippen LogP contribution in [0.5, 0.6) is 0 Å². The first kappa shape index (κ1) is 20.0. The first-order chi connectivity index (χ1) is 14.5. The van der Waals surface area contributed by atoms with Crippen molar-refractivity contribution in [1.29, 1.82) is 0 Å². The average Bonchev–Trinajstić information content (AvgIpc) is 2.75. The molecule has 1 N–H and O–H groups in total. The van der Waals surface area contributed by atoms with Gasteiger partial charge in [-0.05, 0) is 60.0 Å². The van der Waals surface area contributed by atoms with Crippen LogP contribution in [0.4, 0.5) is 20.2 Å². The summed E-state index contributed by atoms with van der Waals surface area (Å²) in [6.45, 7) is 5.22. The lowest BCUT2D eigenvalue weighted by molar-refractivity contribution is 0.101. The molecule has 3 aromatic carbocycles. The number of morpholine rings is 1. The molecular formula is C24H22F2N2O2. The Bertz CT molecular complexity index is 1040. The summed E-state index contributed by atoms with van der Waals surface area (Å²) in [7, 11) is 0. The van der Waals surface area contributed by atoms with E-state index in [0.29, 0.717) is 5.69 Å². The molecule has 1 amide bonds. The van der Waals surface area contributed by atoms with E-state index in [1.165, 1.54) is 6.07 Å². The minimum Gasteiger partial charge on any atom is -0.378 e. The van der Waals surface area contributed by atoms with Gasteiger partial charge in [-0.2, -0.15) is 0 Å². The van der Waals surface area contributed by atoms with Gasteiger partial charge in [-0.3, -0.25) is 4.79 Å². The smallest absolute Gasteiger partial charge is 0.261 e. The highest BCUT2D eigenvalue weighted by Crippen LogP contribution is 2.30. The molecule has 0 aromatic heterocycles. The van der Waals surface area contributed by atoms with Crippen molar-refractivity contribution in [1.82, 2.24) is 0 Å². The fourth-order valence-electron chi connectivity index (χ4n) is 3.58. The first-order valence-corrected chi connectivity index (χ1v) is 9.82. The Hall–Kier alpha value is -3.25. The van der Waals surface area contributed by atoms with Crippen molar-refractivity contribution in [3.63, 3.8) is 0 Å². The number of nitrogens with one attached hydrogen (secondary N) is 1. The maximum absolute atomic E-state index is 13.8. The highest BCUT2D eigenvalue weighted by molar-refractivity contribution is 6.04. The van der Waals surface area contributed by atoms with Crippen LogP contribution < -0.4 is 10.2 Å². The zero-order valence-corrected chi connectivity index (χ0v) is 16.6. The van der Waals surface area contributed by atoms with E-state index in [2.05, 4.69) is 35.3 Å². The number of carbonyl (C=O) groups excluding carboxylic acids is 1. The quantitative estimate of drug-likeness (QED) is 0.658. The number of benzene rings is 3. The highest BCUT2D eigenvalue weighted by Gasteiger charge is 2.17. The summed E-state index contributed by atoms with van der Waals surface area (Å²) in [4.78, 5) is 14.6. The number of ether oxygens (including phenoxy) is 1. The third-order valence-corrected chi connectivity index (χ3v) is 5.24. The van der Waals surface area contributed by atoms with Gasteiger partial charge in [-0.25, -0.2) is 8.78 Å². The Morgan fingerprint density at radius 3 is 2.30 bits per heavy atom. The third-order valence-electron chi connectivity index (χ3n) is 5.24. The molecule has 6 heteroatoms. The van der Waals surface area contributed by atoms with Crippen LogP contribution in [0.15, 0.2) is 60.7 Å². The van der Waals surface area contributed by atoms with Crippen LogP contribution in [0.3, 0.4) is 0 Å². The van der Waals surface area contributed by atoms with E-state index >= 15 is 0 Å². The minimum absolute atomic E-state index is 0.466. The van der Waals surface area contributed by atoms with E-state index in [9.17, 15) is 13.6 Å². The number of nitrogens with zero attached hydrogens (tertiary/aromatic N) is 1. The molecule has 30 heavy (non-hydrogen) atoms. The van der Waals surface area contributed by atoms with E-state index in [1.54, 1.807) is 12.1 Å². The fourth-order valence-corrected chi connectivity index (χ4v) is 3.58. The van der Waals surface area contributed by atoms with Crippen molar-refractivity contribution >= 4 is 17.3 Å². The molecule has 1 aliphatic rings. The van der Waals surface area contributed by atoms with E-state index in [0.717, 1.165) is 60.8 Å². The van der Waals surface area contributed by atoms with Crippen LogP contribution in [-0.4, -0.2) is 32.2 Å². The number of halogens is 2. The maximum Gasteiger partial charge on any atom is 0.261 e. The maximum atomic E-state index is 13.8. The molecule has 0 bridgehead atoms. The molecule has 4 rings (SSSR count).